The van der Waals surface area contributed by atoms with Gasteiger partial charge in [-0.1, -0.05) is 45.0 Å². The Labute approximate surface area is 124 Å². The summed E-state index contributed by atoms with van der Waals surface area (Å²) in [5, 5.41) is 0.911. The molecule has 0 spiro atoms. The normalized spacial score (nSPS) is 11.7. The van der Waals surface area contributed by atoms with E-state index in [1.165, 1.54) is 4.88 Å². The Bertz CT molecular complexity index is 615. The second kappa shape index (κ2) is 5.49. The number of thiazole rings is 1. The number of hydrogen-bond acceptors (Lipinski definition) is 3. The van der Waals surface area contributed by atoms with Crippen molar-refractivity contribution in [2.24, 2.45) is 0 Å². The van der Waals surface area contributed by atoms with Gasteiger partial charge < -0.3 is 0 Å². The van der Waals surface area contributed by atoms with Crippen LogP contribution in [-0.4, -0.2) is 10.8 Å². The summed E-state index contributed by atoms with van der Waals surface area (Å²) in [5.41, 5.74) is 2.93. The van der Waals surface area contributed by atoms with Crippen molar-refractivity contribution in [2.75, 3.05) is 0 Å². The Morgan fingerprint density at radius 3 is 2.40 bits per heavy atom. The number of ketones is 1. The van der Waals surface area contributed by atoms with Gasteiger partial charge in [-0.15, -0.1) is 11.3 Å². The minimum absolute atomic E-state index is 0.0268. The highest BCUT2D eigenvalue weighted by atomic mass is 32.1. The average molecular weight is 287 g/mol. The molecule has 0 aliphatic rings. The third kappa shape index (κ3) is 3.15. The van der Waals surface area contributed by atoms with Gasteiger partial charge in [0.1, 0.15) is 5.01 Å². The molecule has 3 heteroatoms. The zero-order valence-corrected chi connectivity index (χ0v) is 13.6. The maximum atomic E-state index is 12.6. The minimum Gasteiger partial charge on any atom is -0.294 e. The van der Waals surface area contributed by atoms with E-state index in [1.807, 2.05) is 38.1 Å². The third-order valence-corrected chi connectivity index (χ3v) is 4.49. The molecular formula is C17H21NOS. The molecule has 20 heavy (non-hydrogen) atoms. The number of carbonyl (C=O) groups excluding carboxylic acids is 1. The summed E-state index contributed by atoms with van der Waals surface area (Å²) in [6.45, 7) is 10.4. The Morgan fingerprint density at radius 2 is 1.85 bits per heavy atom. The van der Waals surface area contributed by atoms with Gasteiger partial charge in [0.2, 0.25) is 0 Å². The maximum Gasteiger partial charge on any atom is 0.169 e. The van der Waals surface area contributed by atoms with E-state index in [4.69, 9.17) is 0 Å². The van der Waals surface area contributed by atoms with Crippen LogP contribution >= 0.6 is 11.3 Å². The Morgan fingerprint density at radius 1 is 1.20 bits per heavy atom. The zero-order valence-electron chi connectivity index (χ0n) is 12.8. The van der Waals surface area contributed by atoms with Gasteiger partial charge in [-0.3, -0.25) is 4.79 Å². The first-order valence-corrected chi connectivity index (χ1v) is 7.66. The zero-order chi connectivity index (χ0) is 14.9. The molecule has 0 bridgehead atoms. The second-order valence-corrected chi connectivity index (χ2v) is 7.43. The van der Waals surface area contributed by atoms with Crippen LogP contribution < -0.4 is 0 Å². The van der Waals surface area contributed by atoms with Crippen LogP contribution in [0.1, 0.15) is 52.3 Å². The van der Waals surface area contributed by atoms with Gasteiger partial charge in [-0.05, 0) is 24.8 Å². The van der Waals surface area contributed by atoms with E-state index < -0.39 is 0 Å². The van der Waals surface area contributed by atoms with Crippen LogP contribution in [-0.2, 0) is 11.8 Å². The first-order valence-electron chi connectivity index (χ1n) is 6.84. The smallest absolute Gasteiger partial charge is 0.169 e. The van der Waals surface area contributed by atoms with E-state index in [2.05, 4.69) is 25.8 Å². The number of hydrogen-bond donors (Lipinski definition) is 0. The quantitative estimate of drug-likeness (QED) is 0.779. The first kappa shape index (κ1) is 14.9. The van der Waals surface area contributed by atoms with E-state index in [-0.39, 0.29) is 11.2 Å². The lowest BCUT2D eigenvalue weighted by Gasteiger charge is -2.22. The molecule has 0 fully saturated rings. The van der Waals surface area contributed by atoms with Crippen molar-refractivity contribution in [3.05, 3.63) is 51.0 Å². The van der Waals surface area contributed by atoms with Crippen LogP contribution in [0.4, 0.5) is 0 Å². The largest absolute Gasteiger partial charge is 0.294 e. The van der Waals surface area contributed by atoms with Gasteiger partial charge in [-0.2, -0.15) is 0 Å². The lowest BCUT2D eigenvalue weighted by Crippen LogP contribution is -2.17. The fourth-order valence-corrected chi connectivity index (χ4v) is 3.16. The molecule has 0 aliphatic carbocycles. The standard InChI is InChI=1S/C17H21NOS/c1-11-12(2)20-16(18-11)10-15(19)13-8-6-7-9-14(13)17(3,4)5/h6-9H,10H2,1-5H3. The van der Waals surface area contributed by atoms with Gasteiger partial charge in [0, 0.05) is 10.4 Å². The topological polar surface area (TPSA) is 30.0 Å². The molecule has 0 saturated heterocycles. The van der Waals surface area contributed by atoms with E-state index in [0.29, 0.717) is 6.42 Å². The Balaban J connectivity index is 2.30. The first-order chi connectivity index (χ1) is 9.29. The highest BCUT2D eigenvalue weighted by Crippen LogP contribution is 2.27. The second-order valence-electron chi connectivity index (χ2n) is 6.14. The molecule has 0 atom stereocenters. The summed E-state index contributed by atoms with van der Waals surface area (Å²) in [4.78, 5) is 18.2. The van der Waals surface area contributed by atoms with Crippen molar-refractivity contribution in [3.63, 3.8) is 0 Å². The van der Waals surface area contributed by atoms with Gasteiger partial charge >= 0.3 is 0 Å². The predicted molar refractivity (Wildman–Crippen MR) is 84.8 cm³/mol. The highest BCUT2D eigenvalue weighted by Gasteiger charge is 2.21. The van der Waals surface area contributed by atoms with E-state index in [0.717, 1.165) is 21.8 Å². The van der Waals surface area contributed by atoms with Crippen LogP contribution in [0.5, 0.6) is 0 Å². The van der Waals surface area contributed by atoms with Crippen LogP contribution in [0.2, 0.25) is 0 Å². The fraction of sp³-hybridized carbons (Fsp3) is 0.412. The molecule has 1 aromatic carbocycles. The molecule has 0 amide bonds. The molecule has 1 heterocycles. The van der Waals surface area contributed by atoms with Crippen LogP contribution in [0.15, 0.2) is 24.3 Å². The predicted octanol–water partition coefficient (Wildman–Crippen LogP) is 4.48. The molecule has 0 N–H and O–H groups in total. The molecule has 0 unspecified atom stereocenters. The van der Waals surface area contributed by atoms with E-state index >= 15 is 0 Å². The molecule has 2 nitrogen and oxygen atoms in total. The number of carbonyl (C=O) groups is 1. The van der Waals surface area contributed by atoms with Gasteiger partial charge in [-0.25, -0.2) is 4.98 Å². The number of benzene rings is 1. The van der Waals surface area contributed by atoms with Gasteiger partial charge in [0.05, 0.1) is 12.1 Å². The van der Waals surface area contributed by atoms with Crippen molar-refractivity contribution in [1.29, 1.82) is 0 Å². The fourth-order valence-electron chi connectivity index (χ4n) is 2.23. The van der Waals surface area contributed by atoms with Gasteiger partial charge in [0.15, 0.2) is 5.78 Å². The van der Waals surface area contributed by atoms with Crippen LogP contribution in [0.3, 0.4) is 0 Å². The van der Waals surface area contributed by atoms with Gasteiger partial charge in [0.25, 0.3) is 0 Å². The summed E-state index contributed by atoms with van der Waals surface area (Å²) in [6.07, 6.45) is 0.395. The third-order valence-electron chi connectivity index (χ3n) is 3.42. The van der Waals surface area contributed by atoms with Crippen molar-refractivity contribution in [3.8, 4) is 0 Å². The highest BCUT2D eigenvalue weighted by molar-refractivity contribution is 7.11. The SMILES string of the molecule is Cc1nc(CC(=O)c2ccccc2C(C)(C)C)sc1C. The summed E-state index contributed by atoms with van der Waals surface area (Å²) in [5.74, 6) is 0.157. The maximum absolute atomic E-state index is 12.6. The average Bonchev–Trinajstić information content (AvgIpc) is 2.67. The summed E-state index contributed by atoms with van der Waals surface area (Å²) in [6, 6.07) is 7.90. The number of aromatic nitrogens is 1. The lowest BCUT2D eigenvalue weighted by atomic mass is 9.82. The van der Waals surface area contributed by atoms with Crippen LogP contribution in [0.25, 0.3) is 0 Å². The summed E-state index contributed by atoms with van der Waals surface area (Å²) < 4.78 is 0. The number of Topliss-reactive ketones (excluding diaryl/α,β-unsaturated/α-hetero) is 1. The lowest BCUT2D eigenvalue weighted by molar-refractivity contribution is 0.0991. The van der Waals surface area contributed by atoms with Crippen molar-refractivity contribution in [2.45, 2.75) is 46.5 Å². The number of aryl methyl sites for hydroxylation is 2. The van der Waals surface area contributed by atoms with Crippen molar-refractivity contribution in [1.82, 2.24) is 4.98 Å². The molecule has 0 aliphatic heterocycles. The number of nitrogens with zero attached hydrogens (tertiary/aromatic N) is 1. The summed E-state index contributed by atoms with van der Waals surface area (Å²) in [7, 11) is 0. The minimum atomic E-state index is -0.0268. The van der Waals surface area contributed by atoms with E-state index in [1.54, 1.807) is 11.3 Å². The molecule has 2 rings (SSSR count). The summed E-state index contributed by atoms with van der Waals surface area (Å²) >= 11 is 1.62. The van der Waals surface area contributed by atoms with E-state index in [9.17, 15) is 4.79 Å². The molecule has 1 aromatic heterocycles. The Kier molecular flexibility index (Phi) is 4.09. The number of rotatable bonds is 3. The molecule has 106 valence electrons. The molecule has 0 saturated carbocycles. The molecular weight excluding hydrogens is 266 g/mol. The van der Waals surface area contributed by atoms with Crippen LogP contribution in [0, 0.1) is 13.8 Å². The Hall–Kier alpha value is -1.48. The van der Waals surface area contributed by atoms with Crippen molar-refractivity contribution >= 4 is 17.1 Å². The molecule has 0 radical (unpaired) electrons. The monoisotopic (exact) mass is 287 g/mol. The van der Waals surface area contributed by atoms with Crippen molar-refractivity contribution < 1.29 is 4.79 Å². The molecule has 2 aromatic rings.